The lowest BCUT2D eigenvalue weighted by atomic mass is 9.91. The van der Waals surface area contributed by atoms with Gasteiger partial charge in [0.1, 0.15) is 12.4 Å². The highest BCUT2D eigenvalue weighted by Crippen LogP contribution is 2.36. The van der Waals surface area contributed by atoms with Crippen LogP contribution in [-0.4, -0.2) is 31.6 Å². The van der Waals surface area contributed by atoms with Crippen LogP contribution in [0.4, 0.5) is 16.2 Å². The van der Waals surface area contributed by atoms with Gasteiger partial charge in [-0.05, 0) is 29.6 Å². The van der Waals surface area contributed by atoms with Crippen LogP contribution in [0, 0.1) is 5.41 Å². The number of nitrogens with one attached hydrogen (secondary N) is 2. The second-order valence-corrected chi connectivity index (χ2v) is 9.85. The highest BCUT2D eigenvalue weighted by molar-refractivity contribution is 7.10. The van der Waals surface area contributed by atoms with Gasteiger partial charge in [-0.1, -0.05) is 40.7 Å². The third-order valence-corrected chi connectivity index (χ3v) is 6.08. The summed E-state index contributed by atoms with van der Waals surface area (Å²) >= 11 is 1.68. The SMILES string of the molecule is CC(C)(C)C(=O)N1CCOc2ccc(NC(=O)NCC(C)(C)c3cccs3)cc21. The Kier molecular flexibility index (Phi) is 5.89. The van der Waals surface area contributed by atoms with E-state index in [-0.39, 0.29) is 17.4 Å². The third-order valence-electron chi connectivity index (χ3n) is 4.85. The maximum absolute atomic E-state index is 12.8. The number of amides is 3. The first-order valence-corrected chi connectivity index (χ1v) is 10.6. The van der Waals surface area contributed by atoms with Gasteiger partial charge in [0, 0.05) is 27.9 Å². The molecule has 0 unspecified atom stereocenters. The van der Waals surface area contributed by atoms with E-state index in [9.17, 15) is 9.59 Å². The zero-order valence-corrected chi connectivity index (χ0v) is 18.5. The summed E-state index contributed by atoms with van der Waals surface area (Å²) in [6.45, 7) is 11.4. The van der Waals surface area contributed by atoms with Crippen molar-refractivity contribution in [1.82, 2.24) is 5.32 Å². The molecular formula is C22H29N3O3S. The average Bonchev–Trinajstić information content (AvgIpc) is 3.20. The largest absolute Gasteiger partial charge is 0.490 e. The minimum Gasteiger partial charge on any atom is -0.490 e. The first-order valence-electron chi connectivity index (χ1n) is 9.75. The fourth-order valence-corrected chi connectivity index (χ4v) is 3.99. The summed E-state index contributed by atoms with van der Waals surface area (Å²) < 4.78 is 5.69. The Morgan fingerprint density at radius 2 is 1.93 bits per heavy atom. The summed E-state index contributed by atoms with van der Waals surface area (Å²) in [7, 11) is 0. The summed E-state index contributed by atoms with van der Waals surface area (Å²) in [6, 6.07) is 9.19. The molecule has 1 aliphatic rings. The van der Waals surface area contributed by atoms with Gasteiger partial charge in [-0.3, -0.25) is 4.79 Å². The smallest absolute Gasteiger partial charge is 0.319 e. The van der Waals surface area contributed by atoms with Crippen molar-refractivity contribution in [3.05, 3.63) is 40.6 Å². The van der Waals surface area contributed by atoms with Gasteiger partial charge in [-0.15, -0.1) is 11.3 Å². The lowest BCUT2D eigenvalue weighted by Crippen LogP contribution is -2.44. The average molecular weight is 416 g/mol. The number of fused-ring (bicyclic) bond motifs is 1. The Bertz CT molecular complexity index is 885. The van der Waals surface area contributed by atoms with Crippen LogP contribution in [-0.2, 0) is 10.2 Å². The van der Waals surface area contributed by atoms with Crippen LogP contribution in [0.5, 0.6) is 5.75 Å². The molecule has 1 aromatic carbocycles. The number of anilines is 2. The molecule has 0 saturated heterocycles. The normalized spacial score (nSPS) is 14.0. The predicted molar refractivity (Wildman–Crippen MR) is 118 cm³/mol. The molecule has 1 aromatic heterocycles. The van der Waals surface area contributed by atoms with Gasteiger partial charge in [0.25, 0.3) is 0 Å². The molecule has 0 radical (unpaired) electrons. The Hall–Kier alpha value is -2.54. The molecule has 0 saturated carbocycles. The zero-order chi connectivity index (χ0) is 21.2. The van der Waals surface area contributed by atoms with Crippen LogP contribution in [0.3, 0.4) is 0 Å². The monoisotopic (exact) mass is 415 g/mol. The first-order chi connectivity index (χ1) is 13.6. The Balaban J connectivity index is 1.69. The molecule has 0 bridgehead atoms. The lowest BCUT2D eigenvalue weighted by molar-refractivity contribution is -0.126. The molecule has 7 heteroatoms. The minimum absolute atomic E-state index is 0.0290. The van der Waals surface area contributed by atoms with E-state index in [0.29, 0.717) is 36.8 Å². The standard InChI is InChI=1S/C22H29N3O3S/c1-21(2,3)19(26)25-10-11-28-17-9-8-15(13-16(17)25)24-20(27)23-14-22(4,5)18-7-6-12-29-18/h6-9,12-13H,10-11,14H2,1-5H3,(H2,23,24,27). The van der Waals surface area contributed by atoms with E-state index >= 15 is 0 Å². The van der Waals surface area contributed by atoms with Crippen molar-refractivity contribution in [1.29, 1.82) is 0 Å². The number of ether oxygens (including phenoxy) is 1. The summed E-state index contributed by atoms with van der Waals surface area (Å²) in [5, 5.41) is 7.85. The number of hydrogen-bond acceptors (Lipinski definition) is 4. The number of hydrogen-bond donors (Lipinski definition) is 2. The molecule has 0 aliphatic carbocycles. The second kappa shape index (κ2) is 8.06. The molecule has 29 heavy (non-hydrogen) atoms. The van der Waals surface area contributed by atoms with Gasteiger partial charge in [-0.25, -0.2) is 4.79 Å². The molecule has 0 fully saturated rings. The minimum atomic E-state index is -0.497. The molecular weight excluding hydrogens is 386 g/mol. The van der Waals surface area contributed by atoms with Crippen LogP contribution < -0.4 is 20.3 Å². The van der Waals surface area contributed by atoms with E-state index in [1.165, 1.54) is 4.88 Å². The summed E-state index contributed by atoms with van der Waals surface area (Å²) in [6.07, 6.45) is 0. The van der Waals surface area contributed by atoms with Crippen LogP contribution >= 0.6 is 11.3 Å². The number of benzene rings is 1. The number of carbonyl (C=O) groups excluding carboxylic acids is 2. The Morgan fingerprint density at radius 1 is 1.17 bits per heavy atom. The van der Waals surface area contributed by atoms with Crippen molar-refractivity contribution in [2.24, 2.45) is 5.41 Å². The van der Waals surface area contributed by atoms with Crippen molar-refractivity contribution < 1.29 is 14.3 Å². The van der Waals surface area contributed by atoms with E-state index in [4.69, 9.17) is 4.74 Å². The highest BCUT2D eigenvalue weighted by atomic mass is 32.1. The number of nitrogens with zero attached hydrogens (tertiary/aromatic N) is 1. The molecule has 2 N–H and O–H groups in total. The summed E-state index contributed by atoms with van der Waals surface area (Å²) in [5.41, 5.74) is 0.661. The zero-order valence-electron chi connectivity index (χ0n) is 17.7. The Labute approximate surface area is 176 Å². The van der Waals surface area contributed by atoms with Crippen molar-refractivity contribution in [2.75, 3.05) is 29.9 Å². The van der Waals surface area contributed by atoms with Crippen molar-refractivity contribution in [3.63, 3.8) is 0 Å². The van der Waals surface area contributed by atoms with Crippen LogP contribution in [0.2, 0.25) is 0 Å². The summed E-state index contributed by atoms with van der Waals surface area (Å²) in [5.74, 6) is 0.681. The van der Waals surface area contributed by atoms with Gasteiger partial charge in [0.15, 0.2) is 0 Å². The molecule has 2 heterocycles. The quantitative estimate of drug-likeness (QED) is 0.765. The number of rotatable bonds is 4. The predicted octanol–water partition coefficient (Wildman–Crippen LogP) is 4.62. The van der Waals surface area contributed by atoms with E-state index < -0.39 is 5.41 Å². The van der Waals surface area contributed by atoms with E-state index in [1.807, 2.05) is 32.2 Å². The molecule has 0 spiro atoms. The van der Waals surface area contributed by atoms with Crippen LogP contribution in [0.1, 0.15) is 39.5 Å². The molecule has 1 aliphatic heterocycles. The van der Waals surface area contributed by atoms with E-state index in [1.54, 1.807) is 34.4 Å². The molecule has 6 nitrogen and oxygen atoms in total. The lowest BCUT2D eigenvalue weighted by Gasteiger charge is -2.34. The fraction of sp³-hybridized carbons (Fsp3) is 0.455. The second-order valence-electron chi connectivity index (χ2n) is 8.91. The van der Waals surface area contributed by atoms with Crippen LogP contribution in [0.25, 0.3) is 0 Å². The highest BCUT2D eigenvalue weighted by Gasteiger charge is 2.32. The number of urea groups is 1. The molecule has 3 rings (SSSR count). The van der Waals surface area contributed by atoms with Gasteiger partial charge in [-0.2, -0.15) is 0 Å². The topological polar surface area (TPSA) is 70.7 Å². The fourth-order valence-electron chi connectivity index (χ4n) is 3.14. The summed E-state index contributed by atoms with van der Waals surface area (Å²) in [4.78, 5) is 28.2. The molecule has 2 aromatic rings. The van der Waals surface area contributed by atoms with E-state index in [0.717, 1.165) is 0 Å². The third kappa shape index (κ3) is 4.90. The van der Waals surface area contributed by atoms with Gasteiger partial charge >= 0.3 is 6.03 Å². The molecule has 3 amide bonds. The Morgan fingerprint density at radius 3 is 2.59 bits per heavy atom. The number of thiophene rings is 1. The van der Waals surface area contributed by atoms with Crippen molar-refractivity contribution in [3.8, 4) is 5.75 Å². The van der Waals surface area contributed by atoms with Gasteiger partial charge in [0.2, 0.25) is 5.91 Å². The van der Waals surface area contributed by atoms with Crippen molar-refractivity contribution in [2.45, 2.75) is 40.0 Å². The maximum atomic E-state index is 12.8. The molecule has 0 atom stereocenters. The number of carbonyl (C=O) groups is 2. The van der Waals surface area contributed by atoms with Crippen LogP contribution in [0.15, 0.2) is 35.7 Å². The first kappa shape index (κ1) is 21.2. The van der Waals surface area contributed by atoms with Gasteiger partial charge in [0.05, 0.1) is 12.2 Å². The molecule has 156 valence electrons. The maximum Gasteiger partial charge on any atom is 0.319 e. The van der Waals surface area contributed by atoms with Gasteiger partial charge < -0.3 is 20.3 Å². The van der Waals surface area contributed by atoms with E-state index in [2.05, 4.69) is 30.5 Å². The van der Waals surface area contributed by atoms with Crippen molar-refractivity contribution >= 4 is 34.6 Å².